The lowest BCUT2D eigenvalue weighted by atomic mass is 9.92. The number of carbonyl (C=O) groups excluding carboxylic acids is 1. The van der Waals surface area contributed by atoms with Crippen LogP contribution in [0.2, 0.25) is 18.1 Å². The fourth-order valence-corrected chi connectivity index (χ4v) is 6.53. The second-order valence-corrected chi connectivity index (χ2v) is 20.6. The number of nitrogens with zero attached hydrogens (tertiary/aromatic N) is 5. The third-order valence-corrected chi connectivity index (χ3v) is 13.8. The first-order valence-corrected chi connectivity index (χ1v) is 19.5. The van der Waals surface area contributed by atoms with Gasteiger partial charge in [0.15, 0.2) is 5.65 Å². The van der Waals surface area contributed by atoms with E-state index in [1.165, 1.54) is 0 Å². The minimum atomic E-state index is -1.96. The molecule has 0 fully saturated rings. The van der Waals surface area contributed by atoms with Crippen molar-refractivity contribution in [1.29, 1.82) is 0 Å². The van der Waals surface area contributed by atoms with Crippen LogP contribution >= 0.6 is 11.8 Å². The van der Waals surface area contributed by atoms with Gasteiger partial charge in [0.2, 0.25) is 14.2 Å². The topological polar surface area (TPSA) is 86.3 Å². The molecule has 0 aliphatic rings. The molecule has 1 amide bonds. The Labute approximate surface area is 278 Å². The fraction of sp³-hybridized carbons (Fsp3) is 0.389. The minimum absolute atomic E-state index is 0.0980. The van der Waals surface area contributed by atoms with Gasteiger partial charge in [0, 0.05) is 33.4 Å². The van der Waals surface area contributed by atoms with Crippen molar-refractivity contribution in [3.05, 3.63) is 90.0 Å². The number of rotatable bonds is 9. The maximum atomic E-state index is 13.3. The zero-order chi connectivity index (χ0) is 33.4. The van der Waals surface area contributed by atoms with E-state index in [9.17, 15) is 4.79 Å². The molecule has 46 heavy (non-hydrogen) atoms. The molecule has 0 saturated carbocycles. The van der Waals surface area contributed by atoms with E-state index in [0.29, 0.717) is 5.82 Å². The number of hydrogen-bond donors (Lipinski definition) is 1. The molecule has 0 spiro atoms. The van der Waals surface area contributed by atoms with Crippen LogP contribution in [0.4, 0.5) is 5.82 Å². The van der Waals surface area contributed by atoms with Gasteiger partial charge in [0.25, 0.3) is 0 Å². The van der Waals surface area contributed by atoms with Gasteiger partial charge in [-0.25, -0.2) is 4.68 Å². The summed E-state index contributed by atoms with van der Waals surface area (Å²) in [4.78, 5) is 15.5. The summed E-state index contributed by atoms with van der Waals surface area (Å²) in [5, 5.41) is 16.7. The molecular formula is C36H46N6O2SSi. The van der Waals surface area contributed by atoms with Gasteiger partial charge in [-0.3, -0.25) is 9.20 Å². The second-order valence-electron chi connectivity index (χ2n) is 14.7. The highest BCUT2D eigenvalue weighted by atomic mass is 32.2. The molecule has 5 aromatic rings. The van der Waals surface area contributed by atoms with Crippen LogP contribution in [0.3, 0.4) is 0 Å². The molecule has 3 aromatic heterocycles. The van der Waals surface area contributed by atoms with Crippen LogP contribution in [-0.2, 0) is 16.6 Å². The van der Waals surface area contributed by atoms with E-state index in [1.54, 1.807) is 11.8 Å². The number of carbonyl (C=O) groups is 1. The van der Waals surface area contributed by atoms with Crippen molar-refractivity contribution in [1.82, 2.24) is 24.4 Å². The Kier molecular flexibility index (Phi) is 9.25. The van der Waals surface area contributed by atoms with Gasteiger partial charge in [0.05, 0.1) is 17.8 Å². The molecule has 1 N–H and O–H groups in total. The van der Waals surface area contributed by atoms with Gasteiger partial charge in [-0.05, 0) is 72.2 Å². The Morgan fingerprint density at radius 2 is 1.57 bits per heavy atom. The molecule has 0 unspecified atom stereocenters. The van der Waals surface area contributed by atoms with E-state index < -0.39 is 8.32 Å². The lowest BCUT2D eigenvalue weighted by Gasteiger charge is -2.36. The zero-order valence-corrected chi connectivity index (χ0v) is 30.5. The molecule has 0 aliphatic heterocycles. The Morgan fingerprint density at radius 3 is 2.17 bits per heavy atom. The number of pyridine rings is 1. The maximum absolute atomic E-state index is 13.3. The van der Waals surface area contributed by atoms with Crippen molar-refractivity contribution in [2.45, 2.75) is 101 Å². The minimum Gasteiger partial charge on any atom is -0.544 e. The van der Waals surface area contributed by atoms with E-state index in [1.807, 2.05) is 53.2 Å². The first kappa shape index (κ1) is 33.5. The van der Waals surface area contributed by atoms with Gasteiger partial charge in [-0.1, -0.05) is 79.3 Å². The molecule has 8 nitrogen and oxygen atoms in total. The van der Waals surface area contributed by atoms with Crippen LogP contribution in [0.1, 0.15) is 78.4 Å². The maximum Gasteiger partial charge on any atom is 0.250 e. The Bertz CT molecular complexity index is 1830. The van der Waals surface area contributed by atoms with Gasteiger partial charge in [0.1, 0.15) is 17.4 Å². The van der Waals surface area contributed by atoms with Crippen LogP contribution in [0.15, 0.2) is 82.7 Å². The monoisotopic (exact) mass is 654 g/mol. The molecule has 0 radical (unpaired) electrons. The SMILES string of the molecule is CC(C)c1nnc2ccc(Sc3ccc(CC(=O)Nc4cc(C(C)(C)C)nn4-c4ccc(O[Si](C)(C)C(C)(C)C)cc4)cc3)cn12. The highest BCUT2D eigenvalue weighted by Gasteiger charge is 2.39. The highest BCUT2D eigenvalue weighted by Crippen LogP contribution is 2.37. The van der Waals surface area contributed by atoms with Crippen molar-refractivity contribution in [3.63, 3.8) is 0 Å². The summed E-state index contributed by atoms with van der Waals surface area (Å²) >= 11 is 1.67. The predicted octanol–water partition coefficient (Wildman–Crippen LogP) is 9.05. The third kappa shape index (κ3) is 7.55. The van der Waals surface area contributed by atoms with Crippen molar-refractivity contribution in [2.24, 2.45) is 0 Å². The van der Waals surface area contributed by atoms with E-state index in [0.717, 1.165) is 44.0 Å². The number of amides is 1. The standard InChI is InChI=1S/C36H46N6O2SSi/c1-24(2)34-39-38-31-20-19-29(23-41(31)34)45-28-17-11-25(12-18-28)21-33(43)37-32-22-30(35(3,4)5)40-42(32)26-13-15-27(16-14-26)44-46(9,10)36(6,7)8/h11-20,22-24H,21H2,1-10H3,(H,37,43). The molecule has 2 aromatic carbocycles. The van der Waals surface area contributed by atoms with Gasteiger partial charge in [-0.2, -0.15) is 5.10 Å². The average molecular weight is 655 g/mol. The number of nitrogens with one attached hydrogen (secondary N) is 1. The van der Waals surface area contributed by atoms with E-state index in [2.05, 4.69) is 113 Å². The first-order chi connectivity index (χ1) is 21.5. The molecule has 0 saturated heterocycles. The molecule has 0 atom stereocenters. The Morgan fingerprint density at radius 1 is 0.913 bits per heavy atom. The molecule has 10 heteroatoms. The van der Waals surface area contributed by atoms with Crippen LogP contribution < -0.4 is 9.74 Å². The molecular weight excluding hydrogens is 609 g/mol. The lowest BCUT2D eigenvalue weighted by molar-refractivity contribution is -0.115. The van der Waals surface area contributed by atoms with E-state index in [-0.39, 0.29) is 28.7 Å². The van der Waals surface area contributed by atoms with Crippen molar-refractivity contribution >= 4 is 37.5 Å². The van der Waals surface area contributed by atoms with Gasteiger partial charge in [-0.15, -0.1) is 10.2 Å². The van der Waals surface area contributed by atoms with Crippen molar-refractivity contribution in [2.75, 3.05) is 5.32 Å². The smallest absolute Gasteiger partial charge is 0.250 e. The van der Waals surface area contributed by atoms with Gasteiger partial charge >= 0.3 is 0 Å². The predicted molar refractivity (Wildman–Crippen MR) is 190 cm³/mol. The normalized spacial score (nSPS) is 12.6. The fourth-order valence-electron chi connectivity index (χ4n) is 4.66. The number of anilines is 1. The van der Waals surface area contributed by atoms with E-state index in [4.69, 9.17) is 9.52 Å². The first-order valence-electron chi connectivity index (χ1n) is 15.8. The summed E-state index contributed by atoms with van der Waals surface area (Å²) in [5.74, 6) is 2.63. The second kappa shape index (κ2) is 12.7. The summed E-state index contributed by atoms with van der Waals surface area (Å²) < 4.78 is 10.3. The molecule has 5 rings (SSSR count). The summed E-state index contributed by atoms with van der Waals surface area (Å²) in [6, 6.07) is 22.1. The summed E-state index contributed by atoms with van der Waals surface area (Å²) in [6.07, 6.45) is 2.34. The van der Waals surface area contributed by atoms with Crippen LogP contribution in [-0.4, -0.2) is 38.6 Å². The summed E-state index contributed by atoms with van der Waals surface area (Å²) in [6.45, 7) is 21.8. The number of aromatic nitrogens is 5. The number of benzene rings is 2. The molecule has 3 heterocycles. The Hall–Kier alpha value is -3.89. The molecule has 0 bridgehead atoms. The lowest BCUT2D eigenvalue weighted by Crippen LogP contribution is -2.43. The number of hydrogen-bond acceptors (Lipinski definition) is 6. The highest BCUT2D eigenvalue weighted by molar-refractivity contribution is 7.99. The quantitative estimate of drug-likeness (QED) is 0.160. The van der Waals surface area contributed by atoms with E-state index >= 15 is 0 Å². The summed E-state index contributed by atoms with van der Waals surface area (Å²) in [7, 11) is -1.96. The van der Waals surface area contributed by atoms with Crippen LogP contribution in [0, 0.1) is 0 Å². The van der Waals surface area contributed by atoms with Crippen LogP contribution in [0.25, 0.3) is 11.3 Å². The average Bonchev–Trinajstić information content (AvgIpc) is 3.58. The van der Waals surface area contributed by atoms with Crippen molar-refractivity contribution < 1.29 is 9.22 Å². The molecule has 0 aliphatic carbocycles. The van der Waals surface area contributed by atoms with Crippen molar-refractivity contribution in [3.8, 4) is 11.4 Å². The van der Waals surface area contributed by atoms with Gasteiger partial charge < -0.3 is 9.74 Å². The zero-order valence-electron chi connectivity index (χ0n) is 28.7. The number of fused-ring (bicyclic) bond motifs is 1. The Balaban J connectivity index is 1.28. The molecule has 242 valence electrons. The van der Waals surface area contributed by atoms with Crippen LogP contribution in [0.5, 0.6) is 5.75 Å². The largest absolute Gasteiger partial charge is 0.544 e. The third-order valence-electron chi connectivity index (χ3n) is 8.45. The summed E-state index contributed by atoms with van der Waals surface area (Å²) in [5.41, 5.74) is 3.36.